The molecule has 1 aromatic carbocycles. The van der Waals surface area contributed by atoms with Gasteiger partial charge in [0, 0.05) is 12.0 Å². The molecule has 0 spiro atoms. The quantitative estimate of drug-likeness (QED) is 0.105. The Morgan fingerprint density at radius 2 is 1.90 bits per heavy atom. The van der Waals surface area contributed by atoms with E-state index in [2.05, 4.69) is 31.2 Å². The lowest BCUT2D eigenvalue weighted by atomic mass is 9.86. The maximum absolute atomic E-state index is 12.9. The lowest BCUT2D eigenvalue weighted by molar-refractivity contribution is -0.129. The molecule has 8 nitrogen and oxygen atoms in total. The van der Waals surface area contributed by atoms with Crippen LogP contribution in [0.25, 0.3) is 11.0 Å². The van der Waals surface area contributed by atoms with Gasteiger partial charge in [-0.05, 0) is 55.1 Å². The van der Waals surface area contributed by atoms with Crippen molar-refractivity contribution < 1.29 is 19.5 Å². The van der Waals surface area contributed by atoms with E-state index in [-0.39, 0.29) is 18.4 Å². The Morgan fingerprint density at radius 3 is 2.54 bits per heavy atom. The van der Waals surface area contributed by atoms with Crippen molar-refractivity contribution >= 4 is 16.9 Å². The van der Waals surface area contributed by atoms with E-state index in [1.54, 1.807) is 7.11 Å². The van der Waals surface area contributed by atoms with Gasteiger partial charge in [-0.25, -0.2) is 9.97 Å². The molecule has 3 N–H and O–H groups in total. The van der Waals surface area contributed by atoms with Crippen molar-refractivity contribution in [1.82, 2.24) is 20.8 Å². The molecule has 5 atom stereocenters. The van der Waals surface area contributed by atoms with E-state index in [9.17, 15) is 10.0 Å². The Morgan fingerprint density at radius 1 is 1.15 bits per heavy atom. The maximum atomic E-state index is 12.9. The highest BCUT2D eigenvalue weighted by molar-refractivity contribution is 5.82. The van der Waals surface area contributed by atoms with Gasteiger partial charge in [0.2, 0.25) is 11.8 Å². The van der Waals surface area contributed by atoms with Gasteiger partial charge in [-0.3, -0.25) is 4.79 Å². The number of hydrogen-bond acceptors (Lipinski definition) is 7. The first kappa shape index (κ1) is 32.8. The monoisotopic (exact) mass is 568 g/mol. The van der Waals surface area contributed by atoms with Crippen LogP contribution in [0.4, 0.5) is 0 Å². The summed E-state index contributed by atoms with van der Waals surface area (Å²) < 4.78 is 12.0. The van der Waals surface area contributed by atoms with Crippen LogP contribution in [-0.4, -0.2) is 46.9 Å². The Labute approximate surface area is 246 Å². The van der Waals surface area contributed by atoms with Gasteiger partial charge in [0.25, 0.3) is 0 Å². The molecule has 0 bridgehead atoms. The largest absolute Gasteiger partial charge is 0.497 e. The fourth-order valence-electron chi connectivity index (χ4n) is 5.66. The van der Waals surface area contributed by atoms with Crippen molar-refractivity contribution in [3.05, 3.63) is 36.5 Å². The molecular weight excluding hydrogens is 516 g/mol. The van der Waals surface area contributed by atoms with Gasteiger partial charge in [0.15, 0.2) is 0 Å². The second-order valence-corrected chi connectivity index (χ2v) is 12.6. The molecule has 0 aliphatic heterocycles. The van der Waals surface area contributed by atoms with Gasteiger partial charge in [-0.15, -0.1) is 6.58 Å². The Bertz CT molecular complexity index is 1130. The molecule has 1 aromatic heterocycles. The third-order valence-corrected chi connectivity index (χ3v) is 8.37. The second-order valence-electron chi connectivity index (χ2n) is 12.6. The number of unbranched alkanes of at least 4 members (excludes halogenated alkanes) is 2. The first-order valence-corrected chi connectivity index (χ1v) is 15.5. The van der Waals surface area contributed by atoms with Crippen molar-refractivity contribution in [3.8, 4) is 11.6 Å². The zero-order valence-corrected chi connectivity index (χ0v) is 26.0. The fourth-order valence-corrected chi connectivity index (χ4v) is 5.66. The summed E-state index contributed by atoms with van der Waals surface area (Å²) in [5.41, 5.74) is 4.02. The maximum Gasteiger partial charge on any atom is 0.240 e. The average molecular weight is 569 g/mol. The minimum atomic E-state index is -0.761. The predicted octanol–water partition coefficient (Wildman–Crippen LogP) is 6.65. The van der Waals surface area contributed by atoms with Crippen LogP contribution >= 0.6 is 0 Å². The van der Waals surface area contributed by atoms with E-state index in [1.807, 2.05) is 45.0 Å². The summed E-state index contributed by atoms with van der Waals surface area (Å²) in [7, 11) is 1.63. The number of aromatic nitrogens is 2. The highest BCUT2D eigenvalue weighted by atomic mass is 16.5. The number of fused-ring (bicyclic) bond motifs is 1. The number of aryl methyl sites for hydroxylation is 1. The van der Waals surface area contributed by atoms with Crippen LogP contribution in [0.1, 0.15) is 91.7 Å². The van der Waals surface area contributed by atoms with Gasteiger partial charge < -0.3 is 20.0 Å². The van der Waals surface area contributed by atoms with Crippen molar-refractivity contribution in [3.63, 3.8) is 0 Å². The van der Waals surface area contributed by atoms with E-state index < -0.39 is 17.6 Å². The van der Waals surface area contributed by atoms with Gasteiger partial charge >= 0.3 is 0 Å². The number of rotatable bonds is 18. The number of benzene rings is 1. The van der Waals surface area contributed by atoms with E-state index in [0.717, 1.165) is 48.7 Å². The highest BCUT2D eigenvalue weighted by Gasteiger charge is 2.35. The number of carbonyl (C=O) groups excluding carboxylic acids is 1. The lowest BCUT2D eigenvalue weighted by Gasteiger charge is -2.30. The molecule has 1 unspecified atom stereocenters. The van der Waals surface area contributed by atoms with Crippen molar-refractivity contribution in [1.29, 1.82) is 0 Å². The normalized spacial score (nSPS) is 18.9. The standard InChI is InChI=1S/C33H52N4O4/c1-8-14-23-19-24(23)15-12-11-13-16-27-32(36-28-20-25(40-7)17-18-26(28)35-27)41-29(22(9-2)10-3)21-34-31(38)30(37-39)33(4,5)6/h9,17-18,20,22-24,29-30,37,39H,2,8,10-16,19,21H2,1,3-7H3,(H,34,38)/t22-,23+,24?,29+,30-/m1/s1. The Balaban J connectivity index is 1.77. The molecule has 1 aliphatic rings. The van der Waals surface area contributed by atoms with Gasteiger partial charge in [0.05, 0.1) is 24.7 Å². The molecule has 1 heterocycles. The molecule has 228 valence electrons. The van der Waals surface area contributed by atoms with Crippen LogP contribution in [0.15, 0.2) is 30.9 Å². The molecule has 1 amide bonds. The summed E-state index contributed by atoms with van der Waals surface area (Å²) in [6.45, 7) is 14.3. The molecular formula is C33H52N4O4. The second kappa shape index (κ2) is 15.5. The summed E-state index contributed by atoms with van der Waals surface area (Å²) in [6, 6.07) is 4.93. The van der Waals surface area contributed by atoms with Crippen LogP contribution in [0.3, 0.4) is 0 Å². The number of nitrogens with one attached hydrogen (secondary N) is 2. The van der Waals surface area contributed by atoms with Crippen molar-refractivity contribution in [2.45, 2.75) is 105 Å². The van der Waals surface area contributed by atoms with Crippen LogP contribution in [0.2, 0.25) is 0 Å². The predicted molar refractivity (Wildman–Crippen MR) is 164 cm³/mol. The number of nitrogens with zero attached hydrogens (tertiary/aromatic N) is 2. The summed E-state index contributed by atoms with van der Waals surface area (Å²) in [5, 5.41) is 12.6. The molecule has 1 aliphatic carbocycles. The average Bonchev–Trinajstić information content (AvgIpc) is 3.69. The SMILES string of the molecule is C=C[C@H](CC)[C@H](CNC(=O)[C@@H](NO)C(C)(C)C)Oc1nc2cc(OC)ccc2nc1CCCCCC1C[C@@H]1CCC. The van der Waals surface area contributed by atoms with Crippen LogP contribution in [0, 0.1) is 23.2 Å². The van der Waals surface area contributed by atoms with Crippen LogP contribution in [-0.2, 0) is 11.2 Å². The summed E-state index contributed by atoms with van der Waals surface area (Å²) in [5.74, 6) is 2.78. The van der Waals surface area contributed by atoms with Crippen LogP contribution in [0.5, 0.6) is 11.6 Å². The number of ether oxygens (including phenoxy) is 2. The first-order chi connectivity index (χ1) is 19.6. The first-order valence-electron chi connectivity index (χ1n) is 15.5. The summed E-state index contributed by atoms with van der Waals surface area (Å²) >= 11 is 0. The zero-order valence-electron chi connectivity index (χ0n) is 26.0. The Kier molecular flexibility index (Phi) is 12.4. The molecule has 0 saturated heterocycles. The van der Waals surface area contributed by atoms with E-state index in [0.29, 0.717) is 17.1 Å². The van der Waals surface area contributed by atoms with Crippen molar-refractivity contribution in [2.24, 2.45) is 23.2 Å². The van der Waals surface area contributed by atoms with E-state index in [4.69, 9.17) is 19.4 Å². The zero-order chi connectivity index (χ0) is 30.0. The summed E-state index contributed by atoms with van der Waals surface area (Å²) in [6.07, 6.45) is 11.9. The number of carbonyl (C=O) groups is 1. The van der Waals surface area contributed by atoms with Gasteiger partial charge in [-0.2, -0.15) is 5.48 Å². The number of amides is 1. The third-order valence-electron chi connectivity index (χ3n) is 8.37. The van der Waals surface area contributed by atoms with Gasteiger partial charge in [0.1, 0.15) is 23.6 Å². The van der Waals surface area contributed by atoms with E-state index >= 15 is 0 Å². The minimum absolute atomic E-state index is 0.0178. The van der Waals surface area contributed by atoms with E-state index in [1.165, 1.54) is 32.1 Å². The van der Waals surface area contributed by atoms with Crippen molar-refractivity contribution in [2.75, 3.05) is 13.7 Å². The molecule has 1 fully saturated rings. The molecule has 3 rings (SSSR count). The number of hydroxylamine groups is 1. The number of hydrogen-bond donors (Lipinski definition) is 3. The molecule has 41 heavy (non-hydrogen) atoms. The van der Waals surface area contributed by atoms with Crippen LogP contribution < -0.4 is 20.3 Å². The molecule has 0 radical (unpaired) electrons. The smallest absolute Gasteiger partial charge is 0.240 e. The highest BCUT2D eigenvalue weighted by Crippen LogP contribution is 2.45. The van der Waals surface area contributed by atoms with Gasteiger partial charge in [-0.1, -0.05) is 72.8 Å². The lowest BCUT2D eigenvalue weighted by Crippen LogP contribution is -2.52. The third kappa shape index (κ3) is 9.40. The fraction of sp³-hybridized carbons (Fsp3) is 0.667. The summed E-state index contributed by atoms with van der Waals surface area (Å²) in [4.78, 5) is 22.8. The topological polar surface area (TPSA) is 106 Å². The number of methoxy groups -OCH3 is 1. The Hall–Kier alpha value is -2.71. The molecule has 2 aromatic rings. The minimum Gasteiger partial charge on any atom is -0.497 e. The molecule has 1 saturated carbocycles. The molecule has 8 heteroatoms.